The predicted octanol–water partition coefficient (Wildman–Crippen LogP) is 4.29. The Morgan fingerprint density at radius 2 is 1.85 bits per heavy atom. The lowest BCUT2D eigenvalue weighted by atomic mass is 10.1. The van der Waals surface area contributed by atoms with Crippen LogP contribution in [0.15, 0.2) is 60.8 Å². The quantitative estimate of drug-likeness (QED) is 0.734. The van der Waals surface area contributed by atoms with Crippen LogP contribution in [0.2, 0.25) is 5.02 Å². The average molecular weight is 380 g/mol. The molecule has 0 bridgehead atoms. The highest BCUT2D eigenvalue weighted by Gasteiger charge is 2.23. The Bertz CT molecular complexity index is 956. The summed E-state index contributed by atoms with van der Waals surface area (Å²) in [5.41, 5.74) is 2.85. The highest BCUT2D eigenvalue weighted by Crippen LogP contribution is 2.24. The molecular formula is C22H22ClN3O. The van der Waals surface area contributed by atoms with Gasteiger partial charge in [0.15, 0.2) is 0 Å². The Balaban J connectivity index is 1.35. The number of carbonyl (C=O) groups excluding carboxylic acids is 1. The van der Waals surface area contributed by atoms with Gasteiger partial charge in [0.25, 0.3) is 5.91 Å². The standard InChI is InChI=1S/C22H22ClN3O/c23-18-8-9-21-19(15-18)20(16-24-21)22(27)26-13-11-25(12-14-26)10-4-7-17-5-2-1-3-6-17/h1-9,15-16,24H,10-14H2/b7-4+. The molecule has 1 saturated heterocycles. The summed E-state index contributed by atoms with van der Waals surface area (Å²) in [4.78, 5) is 20.4. The molecule has 0 unspecified atom stereocenters. The van der Waals surface area contributed by atoms with Crippen LogP contribution in [0.1, 0.15) is 15.9 Å². The van der Waals surface area contributed by atoms with E-state index in [4.69, 9.17) is 11.6 Å². The third-order valence-corrected chi connectivity index (χ3v) is 5.24. The van der Waals surface area contributed by atoms with E-state index in [2.05, 4.69) is 34.2 Å². The van der Waals surface area contributed by atoms with Gasteiger partial charge in [-0.25, -0.2) is 0 Å². The minimum Gasteiger partial charge on any atom is -0.360 e. The molecule has 0 aliphatic carbocycles. The smallest absolute Gasteiger partial charge is 0.256 e. The number of hydrogen-bond acceptors (Lipinski definition) is 2. The minimum atomic E-state index is 0.0722. The zero-order valence-corrected chi connectivity index (χ0v) is 15.8. The Morgan fingerprint density at radius 1 is 1.07 bits per heavy atom. The van der Waals surface area contributed by atoms with Gasteiger partial charge in [0, 0.05) is 54.8 Å². The van der Waals surface area contributed by atoms with E-state index in [1.165, 1.54) is 5.56 Å². The second kappa shape index (κ2) is 7.99. The summed E-state index contributed by atoms with van der Waals surface area (Å²) in [5, 5.41) is 1.53. The van der Waals surface area contributed by atoms with E-state index >= 15 is 0 Å². The van der Waals surface area contributed by atoms with Crippen molar-refractivity contribution in [2.75, 3.05) is 32.7 Å². The van der Waals surface area contributed by atoms with Crippen LogP contribution in [0, 0.1) is 0 Å². The van der Waals surface area contributed by atoms with Crippen molar-refractivity contribution in [1.82, 2.24) is 14.8 Å². The van der Waals surface area contributed by atoms with Gasteiger partial charge < -0.3 is 9.88 Å². The number of aromatic nitrogens is 1. The molecule has 1 fully saturated rings. The molecular weight excluding hydrogens is 358 g/mol. The number of amides is 1. The van der Waals surface area contributed by atoms with Gasteiger partial charge in [0.2, 0.25) is 0 Å². The first-order chi connectivity index (χ1) is 13.2. The minimum absolute atomic E-state index is 0.0722. The van der Waals surface area contributed by atoms with Crippen LogP contribution in [0.4, 0.5) is 0 Å². The molecule has 27 heavy (non-hydrogen) atoms. The number of hydrogen-bond donors (Lipinski definition) is 1. The zero-order chi connectivity index (χ0) is 18.6. The van der Waals surface area contributed by atoms with Gasteiger partial charge >= 0.3 is 0 Å². The molecule has 1 aliphatic heterocycles. The number of carbonyl (C=O) groups is 1. The number of H-pyrrole nitrogens is 1. The predicted molar refractivity (Wildman–Crippen MR) is 111 cm³/mol. The van der Waals surface area contributed by atoms with Crippen molar-refractivity contribution in [3.8, 4) is 0 Å². The lowest BCUT2D eigenvalue weighted by molar-refractivity contribution is 0.0652. The molecule has 138 valence electrons. The fourth-order valence-corrected chi connectivity index (χ4v) is 3.65. The summed E-state index contributed by atoms with van der Waals surface area (Å²) >= 11 is 6.10. The van der Waals surface area contributed by atoms with Gasteiger partial charge in [-0.05, 0) is 23.8 Å². The second-order valence-corrected chi connectivity index (χ2v) is 7.23. The van der Waals surface area contributed by atoms with Crippen LogP contribution in [0.5, 0.6) is 0 Å². The fourth-order valence-electron chi connectivity index (χ4n) is 3.48. The fraction of sp³-hybridized carbons (Fsp3) is 0.227. The molecule has 4 rings (SSSR count). The first-order valence-corrected chi connectivity index (χ1v) is 9.58. The molecule has 1 N–H and O–H groups in total. The van der Waals surface area contributed by atoms with Crippen LogP contribution in [-0.2, 0) is 0 Å². The maximum Gasteiger partial charge on any atom is 0.256 e. The van der Waals surface area contributed by atoms with Crippen molar-refractivity contribution in [3.63, 3.8) is 0 Å². The largest absolute Gasteiger partial charge is 0.360 e. The molecule has 1 aliphatic rings. The van der Waals surface area contributed by atoms with E-state index < -0.39 is 0 Å². The number of piperazine rings is 1. The highest BCUT2D eigenvalue weighted by atomic mass is 35.5. The van der Waals surface area contributed by atoms with Crippen molar-refractivity contribution >= 4 is 34.5 Å². The first-order valence-electron chi connectivity index (χ1n) is 9.20. The van der Waals surface area contributed by atoms with Gasteiger partial charge in [0.05, 0.1) is 5.56 Å². The molecule has 1 amide bonds. The van der Waals surface area contributed by atoms with E-state index in [-0.39, 0.29) is 5.91 Å². The number of benzene rings is 2. The van der Waals surface area contributed by atoms with Crippen molar-refractivity contribution in [1.29, 1.82) is 0 Å². The number of rotatable bonds is 4. The summed E-state index contributed by atoms with van der Waals surface area (Å²) in [6, 6.07) is 15.9. The average Bonchev–Trinajstić information content (AvgIpc) is 3.12. The SMILES string of the molecule is O=C(c1c[nH]c2ccc(Cl)cc12)N1CCN(C/C=C/c2ccccc2)CC1. The summed E-state index contributed by atoms with van der Waals surface area (Å²) in [6.45, 7) is 4.15. The Kier molecular flexibility index (Phi) is 5.28. The number of halogens is 1. The maximum atomic E-state index is 12.9. The van der Waals surface area contributed by atoms with E-state index in [9.17, 15) is 4.79 Å². The van der Waals surface area contributed by atoms with Crippen LogP contribution < -0.4 is 0 Å². The molecule has 0 radical (unpaired) electrons. The molecule has 0 atom stereocenters. The van der Waals surface area contributed by atoms with Gasteiger partial charge in [0.1, 0.15) is 0 Å². The van der Waals surface area contributed by atoms with E-state index in [1.54, 1.807) is 6.20 Å². The first kappa shape index (κ1) is 17.8. The van der Waals surface area contributed by atoms with Crippen LogP contribution in [0.3, 0.4) is 0 Å². The summed E-state index contributed by atoms with van der Waals surface area (Å²) in [5.74, 6) is 0.0722. The topological polar surface area (TPSA) is 39.3 Å². The lowest BCUT2D eigenvalue weighted by Gasteiger charge is -2.34. The normalized spacial score (nSPS) is 15.7. The van der Waals surface area contributed by atoms with Crippen molar-refractivity contribution in [2.24, 2.45) is 0 Å². The van der Waals surface area contributed by atoms with Crippen LogP contribution >= 0.6 is 11.6 Å². The lowest BCUT2D eigenvalue weighted by Crippen LogP contribution is -2.48. The van der Waals surface area contributed by atoms with E-state index in [0.717, 1.165) is 43.6 Å². The maximum absolute atomic E-state index is 12.9. The number of aromatic amines is 1. The van der Waals surface area contributed by atoms with Crippen molar-refractivity contribution < 1.29 is 4.79 Å². The number of fused-ring (bicyclic) bond motifs is 1. The third kappa shape index (κ3) is 4.07. The molecule has 4 nitrogen and oxygen atoms in total. The van der Waals surface area contributed by atoms with Gasteiger partial charge in [-0.3, -0.25) is 9.69 Å². The second-order valence-electron chi connectivity index (χ2n) is 6.80. The summed E-state index contributed by atoms with van der Waals surface area (Å²) in [6.07, 6.45) is 6.12. The molecule has 2 aromatic carbocycles. The Labute approximate surface area is 164 Å². The Morgan fingerprint density at radius 3 is 2.63 bits per heavy atom. The van der Waals surface area contributed by atoms with E-state index in [1.807, 2.05) is 41.3 Å². The molecule has 0 saturated carbocycles. The third-order valence-electron chi connectivity index (χ3n) is 5.01. The molecule has 2 heterocycles. The number of nitrogens with one attached hydrogen (secondary N) is 1. The van der Waals surface area contributed by atoms with Gasteiger partial charge in [-0.15, -0.1) is 0 Å². The van der Waals surface area contributed by atoms with Gasteiger partial charge in [-0.1, -0.05) is 54.1 Å². The summed E-state index contributed by atoms with van der Waals surface area (Å²) < 4.78 is 0. The monoisotopic (exact) mass is 379 g/mol. The Hall–Kier alpha value is -2.56. The van der Waals surface area contributed by atoms with Crippen LogP contribution in [-0.4, -0.2) is 53.4 Å². The molecule has 5 heteroatoms. The van der Waals surface area contributed by atoms with Crippen molar-refractivity contribution in [2.45, 2.75) is 0 Å². The molecule has 1 aromatic heterocycles. The van der Waals surface area contributed by atoms with E-state index in [0.29, 0.717) is 10.6 Å². The highest BCUT2D eigenvalue weighted by molar-refractivity contribution is 6.31. The number of nitrogens with zero attached hydrogens (tertiary/aromatic N) is 2. The van der Waals surface area contributed by atoms with Crippen LogP contribution in [0.25, 0.3) is 17.0 Å². The summed E-state index contributed by atoms with van der Waals surface area (Å²) in [7, 11) is 0. The molecule has 3 aromatic rings. The zero-order valence-electron chi connectivity index (χ0n) is 15.1. The van der Waals surface area contributed by atoms with Crippen molar-refractivity contribution in [3.05, 3.63) is 77.0 Å². The van der Waals surface area contributed by atoms with Gasteiger partial charge in [-0.2, -0.15) is 0 Å². The molecule has 0 spiro atoms.